The van der Waals surface area contributed by atoms with Crippen molar-refractivity contribution in [1.29, 1.82) is 0 Å². The minimum absolute atomic E-state index is 1.01. The molecule has 0 saturated heterocycles. The van der Waals surface area contributed by atoms with Gasteiger partial charge in [0.1, 0.15) is 0 Å². The molecule has 0 radical (unpaired) electrons. The quantitative estimate of drug-likeness (QED) is 0.641. The number of hydrogen-bond donors (Lipinski definition) is 0. The second-order valence-electron chi connectivity index (χ2n) is 2.32. The molecule has 0 unspecified atom stereocenters. The van der Waals surface area contributed by atoms with Gasteiger partial charge in [0.25, 0.3) is 0 Å². The third-order valence-corrected chi connectivity index (χ3v) is 1.57. The Morgan fingerprint density at radius 3 is 2.73 bits per heavy atom. The maximum atomic E-state index is 3.81. The van der Waals surface area contributed by atoms with Crippen molar-refractivity contribution >= 4 is 6.08 Å². The summed E-state index contributed by atoms with van der Waals surface area (Å²) in [6.45, 7) is 4.11. The molecule has 0 amide bonds. The lowest BCUT2D eigenvalue weighted by Gasteiger charge is -1.98. The van der Waals surface area contributed by atoms with Crippen molar-refractivity contribution in [2.75, 3.05) is 0 Å². The van der Waals surface area contributed by atoms with E-state index in [1.54, 1.807) is 6.20 Å². The van der Waals surface area contributed by atoms with Gasteiger partial charge in [0.2, 0.25) is 0 Å². The van der Waals surface area contributed by atoms with Crippen LogP contribution in [0.15, 0.2) is 18.5 Å². The van der Waals surface area contributed by atoms with Crippen LogP contribution in [0.5, 0.6) is 0 Å². The van der Waals surface area contributed by atoms with E-state index in [0.717, 1.165) is 6.42 Å². The van der Waals surface area contributed by atoms with Crippen LogP contribution in [0.25, 0.3) is 6.08 Å². The van der Waals surface area contributed by atoms with E-state index in [-0.39, 0.29) is 0 Å². The molecule has 0 N–H and O–H groups in total. The summed E-state index contributed by atoms with van der Waals surface area (Å²) in [7, 11) is 0. The van der Waals surface area contributed by atoms with Gasteiger partial charge in [-0.2, -0.15) is 10.2 Å². The fourth-order valence-corrected chi connectivity index (χ4v) is 0.981. The Bertz CT molecular complexity index is 253. The first-order valence-electron chi connectivity index (χ1n) is 3.80. The van der Waals surface area contributed by atoms with Gasteiger partial charge in [-0.1, -0.05) is 19.1 Å². The average molecular weight is 148 g/mol. The van der Waals surface area contributed by atoms with Crippen LogP contribution >= 0.6 is 0 Å². The average Bonchev–Trinajstić information content (AvgIpc) is 2.06. The zero-order valence-corrected chi connectivity index (χ0v) is 6.91. The van der Waals surface area contributed by atoms with Crippen molar-refractivity contribution < 1.29 is 0 Å². The van der Waals surface area contributed by atoms with Gasteiger partial charge in [0, 0.05) is 0 Å². The summed E-state index contributed by atoms with van der Waals surface area (Å²) in [6, 6.07) is 0. The van der Waals surface area contributed by atoms with Crippen molar-refractivity contribution in [3.05, 3.63) is 29.6 Å². The predicted molar refractivity (Wildman–Crippen MR) is 46.1 cm³/mol. The van der Waals surface area contributed by atoms with Crippen LogP contribution in [0.1, 0.15) is 25.0 Å². The first kappa shape index (κ1) is 7.92. The maximum absolute atomic E-state index is 3.81. The Morgan fingerprint density at radius 1 is 1.36 bits per heavy atom. The lowest BCUT2D eigenvalue weighted by atomic mass is 10.1. The van der Waals surface area contributed by atoms with Crippen LogP contribution in [0, 0.1) is 0 Å². The molecule has 0 aliphatic carbocycles. The van der Waals surface area contributed by atoms with E-state index in [2.05, 4.69) is 17.1 Å². The molecule has 2 heteroatoms. The van der Waals surface area contributed by atoms with Crippen molar-refractivity contribution in [2.45, 2.75) is 20.3 Å². The van der Waals surface area contributed by atoms with Gasteiger partial charge in [-0.25, -0.2) is 0 Å². The summed E-state index contributed by atoms with van der Waals surface area (Å²) in [5, 5.41) is 7.63. The van der Waals surface area contributed by atoms with Crippen molar-refractivity contribution in [3.8, 4) is 0 Å². The number of aromatic nitrogens is 2. The zero-order chi connectivity index (χ0) is 8.10. The summed E-state index contributed by atoms with van der Waals surface area (Å²) in [5.41, 5.74) is 2.42. The molecule has 1 heterocycles. The molecule has 11 heavy (non-hydrogen) atoms. The van der Waals surface area contributed by atoms with Crippen LogP contribution in [0.4, 0.5) is 0 Å². The molecule has 1 aromatic rings. The number of hydrogen-bond acceptors (Lipinski definition) is 2. The van der Waals surface area contributed by atoms with E-state index in [1.807, 2.05) is 25.3 Å². The molecule has 0 aliphatic heterocycles. The van der Waals surface area contributed by atoms with Crippen LogP contribution in [0.2, 0.25) is 0 Å². The summed E-state index contributed by atoms with van der Waals surface area (Å²) in [6.07, 6.45) is 8.67. The minimum Gasteiger partial charge on any atom is -0.159 e. The highest BCUT2D eigenvalue weighted by Crippen LogP contribution is 2.07. The number of aryl methyl sites for hydroxylation is 1. The minimum atomic E-state index is 1.01. The van der Waals surface area contributed by atoms with Gasteiger partial charge < -0.3 is 0 Å². The van der Waals surface area contributed by atoms with Gasteiger partial charge in [0.05, 0.1) is 12.4 Å². The monoisotopic (exact) mass is 148 g/mol. The van der Waals surface area contributed by atoms with Crippen LogP contribution in [0.3, 0.4) is 0 Å². The third kappa shape index (κ3) is 1.87. The fourth-order valence-electron chi connectivity index (χ4n) is 0.981. The summed E-state index contributed by atoms with van der Waals surface area (Å²) in [4.78, 5) is 0. The molecule has 0 saturated carbocycles. The van der Waals surface area contributed by atoms with E-state index in [9.17, 15) is 0 Å². The second kappa shape index (κ2) is 3.86. The first-order valence-corrected chi connectivity index (χ1v) is 3.80. The summed E-state index contributed by atoms with van der Waals surface area (Å²) in [5.74, 6) is 0. The van der Waals surface area contributed by atoms with Crippen molar-refractivity contribution in [2.24, 2.45) is 0 Å². The largest absolute Gasteiger partial charge is 0.159 e. The van der Waals surface area contributed by atoms with E-state index in [0.29, 0.717) is 0 Å². The molecule has 1 aromatic heterocycles. The van der Waals surface area contributed by atoms with Gasteiger partial charge in [-0.15, -0.1) is 0 Å². The highest BCUT2D eigenvalue weighted by molar-refractivity contribution is 5.51. The summed E-state index contributed by atoms with van der Waals surface area (Å²) >= 11 is 0. The molecule has 0 bridgehead atoms. The number of rotatable bonds is 2. The highest BCUT2D eigenvalue weighted by atomic mass is 15.1. The molecule has 1 rings (SSSR count). The molecule has 0 aromatic carbocycles. The van der Waals surface area contributed by atoms with Crippen LogP contribution in [-0.4, -0.2) is 10.2 Å². The Balaban J connectivity index is 3.02. The highest BCUT2D eigenvalue weighted by Gasteiger charge is 1.94. The van der Waals surface area contributed by atoms with Gasteiger partial charge in [-0.3, -0.25) is 0 Å². The molecular weight excluding hydrogens is 136 g/mol. The molecule has 0 fully saturated rings. The lowest BCUT2D eigenvalue weighted by Crippen LogP contribution is -1.89. The molecule has 0 aliphatic rings. The SMILES string of the molecule is CC=Cc1cnncc1CC. The normalized spacial score (nSPS) is 10.7. The Morgan fingerprint density at radius 2 is 2.09 bits per heavy atom. The molecule has 2 nitrogen and oxygen atoms in total. The van der Waals surface area contributed by atoms with Crippen molar-refractivity contribution in [1.82, 2.24) is 10.2 Å². The Labute approximate surface area is 67.0 Å². The third-order valence-electron chi connectivity index (χ3n) is 1.57. The first-order chi connectivity index (χ1) is 5.38. The van der Waals surface area contributed by atoms with Gasteiger partial charge in [0.15, 0.2) is 0 Å². The van der Waals surface area contributed by atoms with E-state index >= 15 is 0 Å². The van der Waals surface area contributed by atoms with Crippen LogP contribution < -0.4 is 0 Å². The van der Waals surface area contributed by atoms with E-state index in [1.165, 1.54) is 11.1 Å². The van der Waals surface area contributed by atoms with Crippen molar-refractivity contribution in [3.63, 3.8) is 0 Å². The smallest absolute Gasteiger partial charge is 0.0571 e. The fraction of sp³-hybridized carbons (Fsp3) is 0.333. The maximum Gasteiger partial charge on any atom is 0.0571 e. The molecule has 0 spiro atoms. The lowest BCUT2D eigenvalue weighted by molar-refractivity contribution is 0.977. The molecule has 0 atom stereocenters. The zero-order valence-electron chi connectivity index (χ0n) is 6.91. The number of allylic oxidation sites excluding steroid dienone is 1. The Hall–Kier alpha value is -1.18. The second-order valence-corrected chi connectivity index (χ2v) is 2.32. The number of nitrogens with zero attached hydrogens (tertiary/aromatic N) is 2. The van der Waals surface area contributed by atoms with E-state index < -0.39 is 0 Å². The topological polar surface area (TPSA) is 25.8 Å². The Kier molecular flexibility index (Phi) is 2.78. The molecule has 58 valence electrons. The predicted octanol–water partition coefficient (Wildman–Crippen LogP) is 2.07. The standard InChI is InChI=1S/C9H12N2/c1-3-5-9-7-11-10-6-8(9)4-2/h3,5-7H,4H2,1-2H3. The molecular formula is C9H12N2. The van der Waals surface area contributed by atoms with E-state index in [4.69, 9.17) is 0 Å². The van der Waals surface area contributed by atoms with Gasteiger partial charge >= 0.3 is 0 Å². The summed E-state index contributed by atoms with van der Waals surface area (Å²) < 4.78 is 0. The van der Waals surface area contributed by atoms with Gasteiger partial charge in [-0.05, 0) is 24.5 Å². The van der Waals surface area contributed by atoms with Crippen LogP contribution in [-0.2, 0) is 6.42 Å².